The Hall–Kier alpha value is -0.990. The molecule has 0 aromatic carbocycles. The monoisotopic (exact) mass is 193 g/mol. The van der Waals surface area contributed by atoms with Gasteiger partial charge in [-0.05, 0) is 32.6 Å². The minimum absolute atomic E-state index is 0.450. The molecule has 1 aromatic rings. The molecule has 1 aromatic heterocycles. The summed E-state index contributed by atoms with van der Waals surface area (Å²) in [6.07, 6.45) is 4.61. The molecule has 1 heterocycles. The lowest BCUT2D eigenvalue weighted by Gasteiger charge is -2.33. The van der Waals surface area contributed by atoms with Crippen molar-refractivity contribution in [1.82, 2.24) is 9.78 Å². The van der Waals surface area contributed by atoms with E-state index in [9.17, 15) is 0 Å². The maximum atomic E-state index is 4.46. The van der Waals surface area contributed by atoms with Gasteiger partial charge in [0.15, 0.2) is 0 Å². The van der Waals surface area contributed by atoms with Crippen LogP contribution < -0.4 is 5.32 Å². The van der Waals surface area contributed by atoms with Crippen molar-refractivity contribution in [2.24, 2.45) is 5.92 Å². The second-order valence-corrected chi connectivity index (χ2v) is 4.69. The standard InChI is InChI=1S/C11H19N3/c1-8(2)14-5-4-11(13-14)12-10-6-9(3)7-10/h4-5,8-10H,6-7H2,1-3H3,(H,12,13). The Morgan fingerprint density at radius 1 is 1.50 bits per heavy atom. The summed E-state index contributed by atoms with van der Waals surface area (Å²) < 4.78 is 1.99. The molecule has 1 fully saturated rings. The zero-order chi connectivity index (χ0) is 10.1. The summed E-state index contributed by atoms with van der Waals surface area (Å²) in [4.78, 5) is 0. The van der Waals surface area contributed by atoms with Gasteiger partial charge in [0.1, 0.15) is 5.82 Å². The van der Waals surface area contributed by atoms with Crippen molar-refractivity contribution in [2.75, 3.05) is 5.32 Å². The second kappa shape index (κ2) is 3.64. The molecular formula is C11H19N3. The molecule has 1 saturated carbocycles. The van der Waals surface area contributed by atoms with Gasteiger partial charge in [-0.15, -0.1) is 0 Å². The van der Waals surface area contributed by atoms with Crippen LogP contribution in [0, 0.1) is 5.92 Å². The van der Waals surface area contributed by atoms with Crippen molar-refractivity contribution < 1.29 is 0 Å². The first-order valence-electron chi connectivity index (χ1n) is 5.47. The van der Waals surface area contributed by atoms with E-state index in [4.69, 9.17) is 0 Å². The molecule has 2 rings (SSSR count). The largest absolute Gasteiger partial charge is 0.366 e. The lowest BCUT2D eigenvalue weighted by atomic mass is 9.82. The fourth-order valence-electron chi connectivity index (χ4n) is 1.93. The fourth-order valence-corrected chi connectivity index (χ4v) is 1.93. The first kappa shape index (κ1) is 9.56. The third-order valence-electron chi connectivity index (χ3n) is 2.86. The number of anilines is 1. The summed E-state index contributed by atoms with van der Waals surface area (Å²) >= 11 is 0. The minimum atomic E-state index is 0.450. The maximum absolute atomic E-state index is 4.46. The van der Waals surface area contributed by atoms with Crippen LogP contribution in [0.4, 0.5) is 5.82 Å². The molecule has 0 unspecified atom stereocenters. The number of aromatic nitrogens is 2. The molecule has 1 aliphatic rings. The van der Waals surface area contributed by atoms with Gasteiger partial charge in [-0.1, -0.05) is 6.92 Å². The predicted octanol–water partition coefficient (Wildman–Crippen LogP) is 2.67. The Morgan fingerprint density at radius 3 is 2.71 bits per heavy atom. The third kappa shape index (κ3) is 1.91. The highest BCUT2D eigenvalue weighted by Crippen LogP contribution is 2.28. The molecule has 3 heteroatoms. The van der Waals surface area contributed by atoms with E-state index in [1.807, 2.05) is 10.9 Å². The van der Waals surface area contributed by atoms with Crippen LogP contribution >= 0.6 is 0 Å². The van der Waals surface area contributed by atoms with Crippen LogP contribution in [0.3, 0.4) is 0 Å². The molecule has 0 atom stereocenters. The summed E-state index contributed by atoms with van der Waals surface area (Å²) in [5, 5.41) is 7.91. The Balaban J connectivity index is 1.90. The number of hydrogen-bond donors (Lipinski definition) is 1. The molecule has 14 heavy (non-hydrogen) atoms. The predicted molar refractivity (Wildman–Crippen MR) is 58.4 cm³/mol. The molecule has 0 aliphatic heterocycles. The topological polar surface area (TPSA) is 29.9 Å². The smallest absolute Gasteiger partial charge is 0.148 e. The molecule has 1 N–H and O–H groups in total. The molecule has 0 bridgehead atoms. The number of rotatable bonds is 3. The van der Waals surface area contributed by atoms with Gasteiger partial charge in [-0.25, -0.2) is 0 Å². The Kier molecular flexibility index (Phi) is 2.48. The summed E-state index contributed by atoms with van der Waals surface area (Å²) in [5.41, 5.74) is 0. The van der Waals surface area contributed by atoms with Crippen LogP contribution in [-0.4, -0.2) is 15.8 Å². The number of hydrogen-bond acceptors (Lipinski definition) is 2. The molecule has 0 saturated heterocycles. The summed E-state index contributed by atoms with van der Waals surface area (Å²) in [6.45, 7) is 6.58. The second-order valence-electron chi connectivity index (χ2n) is 4.69. The van der Waals surface area contributed by atoms with Crippen LogP contribution in [0.15, 0.2) is 12.3 Å². The van der Waals surface area contributed by atoms with E-state index in [1.165, 1.54) is 12.8 Å². The van der Waals surface area contributed by atoms with Gasteiger partial charge in [0.25, 0.3) is 0 Å². The van der Waals surface area contributed by atoms with Gasteiger partial charge in [0, 0.05) is 24.3 Å². The number of nitrogens with one attached hydrogen (secondary N) is 1. The highest BCUT2D eigenvalue weighted by Gasteiger charge is 2.25. The van der Waals surface area contributed by atoms with E-state index in [2.05, 4.69) is 37.3 Å². The normalized spacial score (nSPS) is 26.3. The quantitative estimate of drug-likeness (QED) is 0.799. The highest BCUT2D eigenvalue weighted by molar-refractivity contribution is 5.34. The first-order valence-corrected chi connectivity index (χ1v) is 5.47. The van der Waals surface area contributed by atoms with E-state index >= 15 is 0 Å². The van der Waals surface area contributed by atoms with Crippen LogP contribution in [0.1, 0.15) is 39.7 Å². The van der Waals surface area contributed by atoms with Gasteiger partial charge in [-0.2, -0.15) is 5.10 Å². The van der Waals surface area contributed by atoms with Crippen LogP contribution in [0.25, 0.3) is 0 Å². The van der Waals surface area contributed by atoms with Gasteiger partial charge in [0.05, 0.1) is 0 Å². The molecule has 0 spiro atoms. The third-order valence-corrected chi connectivity index (χ3v) is 2.86. The average Bonchev–Trinajstić information content (AvgIpc) is 2.50. The molecule has 0 amide bonds. The minimum Gasteiger partial charge on any atom is -0.366 e. The van der Waals surface area contributed by atoms with Gasteiger partial charge >= 0.3 is 0 Å². The molecule has 3 nitrogen and oxygen atoms in total. The van der Waals surface area contributed by atoms with Gasteiger partial charge < -0.3 is 5.32 Å². The van der Waals surface area contributed by atoms with E-state index in [0.29, 0.717) is 12.1 Å². The highest BCUT2D eigenvalue weighted by atomic mass is 15.3. The van der Waals surface area contributed by atoms with Crippen molar-refractivity contribution in [1.29, 1.82) is 0 Å². The van der Waals surface area contributed by atoms with E-state index in [1.54, 1.807) is 0 Å². The molecule has 0 radical (unpaired) electrons. The molecule has 1 aliphatic carbocycles. The van der Waals surface area contributed by atoms with E-state index < -0.39 is 0 Å². The van der Waals surface area contributed by atoms with Crippen LogP contribution in [0.2, 0.25) is 0 Å². The van der Waals surface area contributed by atoms with E-state index in [0.717, 1.165) is 11.7 Å². The van der Waals surface area contributed by atoms with Gasteiger partial charge in [-0.3, -0.25) is 4.68 Å². The summed E-state index contributed by atoms with van der Waals surface area (Å²) in [5.74, 6) is 1.91. The van der Waals surface area contributed by atoms with E-state index in [-0.39, 0.29) is 0 Å². The van der Waals surface area contributed by atoms with Crippen molar-refractivity contribution >= 4 is 5.82 Å². The summed E-state index contributed by atoms with van der Waals surface area (Å²) in [6, 6.07) is 3.16. The lowest BCUT2D eigenvalue weighted by Crippen LogP contribution is -2.33. The zero-order valence-electron chi connectivity index (χ0n) is 9.20. The van der Waals surface area contributed by atoms with Crippen molar-refractivity contribution in [3.05, 3.63) is 12.3 Å². The van der Waals surface area contributed by atoms with Crippen molar-refractivity contribution in [3.8, 4) is 0 Å². The Bertz CT molecular complexity index is 297. The maximum Gasteiger partial charge on any atom is 0.148 e. The van der Waals surface area contributed by atoms with Crippen LogP contribution in [0.5, 0.6) is 0 Å². The van der Waals surface area contributed by atoms with Crippen molar-refractivity contribution in [3.63, 3.8) is 0 Å². The fraction of sp³-hybridized carbons (Fsp3) is 0.727. The average molecular weight is 193 g/mol. The van der Waals surface area contributed by atoms with Crippen molar-refractivity contribution in [2.45, 2.75) is 45.7 Å². The Morgan fingerprint density at radius 2 is 2.21 bits per heavy atom. The zero-order valence-corrected chi connectivity index (χ0v) is 9.20. The summed E-state index contributed by atoms with van der Waals surface area (Å²) in [7, 11) is 0. The van der Waals surface area contributed by atoms with Crippen LogP contribution in [-0.2, 0) is 0 Å². The molecular weight excluding hydrogens is 174 g/mol. The first-order chi connectivity index (χ1) is 6.65. The number of nitrogens with zero attached hydrogens (tertiary/aromatic N) is 2. The lowest BCUT2D eigenvalue weighted by molar-refractivity contribution is 0.308. The molecule has 78 valence electrons. The Labute approximate surface area is 85.5 Å². The SMILES string of the molecule is CC1CC(Nc2ccn(C(C)C)n2)C1. The van der Waals surface area contributed by atoms with Gasteiger partial charge in [0.2, 0.25) is 0 Å².